The van der Waals surface area contributed by atoms with Gasteiger partial charge in [-0.2, -0.15) is 0 Å². The minimum Gasteiger partial charge on any atom is -0.480 e. The third-order valence-corrected chi connectivity index (χ3v) is 5.91. The Kier molecular flexibility index (Phi) is 6.70. The van der Waals surface area contributed by atoms with E-state index in [1.807, 2.05) is 24.3 Å². The molecular weight excluding hydrogens is 412 g/mol. The maximum absolute atomic E-state index is 12.4. The standard InChI is InChI=1S/C24H26N2O6/c27-22(26-12-13-31-15-21(26)23(28)29)10-5-11-25-24(30)32-14-20-18-8-3-1-6-16(18)17-7-2-4-9-19(17)20/h1-4,6-9,20-21H,5,10-15H2,(H,25,30)(H,28,29). The summed E-state index contributed by atoms with van der Waals surface area (Å²) in [5.74, 6) is -1.34. The third-order valence-electron chi connectivity index (χ3n) is 5.91. The molecule has 1 aliphatic carbocycles. The number of hydrogen-bond acceptors (Lipinski definition) is 5. The molecule has 1 fully saturated rings. The van der Waals surface area contributed by atoms with Crippen LogP contribution in [-0.4, -0.2) is 66.9 Å². The van der Waals surface area contributed by atoms with Crippen LogP contribution in [-0.2, 0) is 19.1 Å². The molecule has 8 nitrogen and oxygen atoms in total. The number of aliphatic carboxylic acids is 1. The molecule has 0 aromatic heterocycles. The van der Waals surface area contributed by atoms with Crippen LogP contribution in [0.2, 0.25) is 0 Å². The monoisotopic (exact) mass is 438 g/mol. The fourth-order valence-corrected chi connectivity index (χ4v) is 4.33. The largest absolute Gasteiger partial charge is 0.480 e. The van der Waals surface area contributed by atoms with Gasteiger partial charge in [0.05, 0.1) is 13.2 Å². The summed E-state index contributed by atoms with van der Waals surface area (Å²) in [4.78, 5) is 37.2. The van der Waals surface area contributed by atoms with Crippen LogP contribution in [0.5, 0.6) is 0 Å². The van der Waals surface area contributed by atoms with E-state index in [-0.39, 0.29) is 44.5 Å². The van der Waals surface area contributed by atoms with Gasteiger partial charge >= 0.3 is 12.1 Å². The highest BCUT2D eigenvalue weighted by Gasteiger charge is 2.32. The van der Waals surface area contributed by atoms with Crippen LogP contribution in [0.1, 0.15) is 29.9 Å². The van der Waals surface area contributed by atoms with Crippen LogP contribution in [0.15, 0.2) is 48.5 Å². The van der Waals surface area contributed by atoms with Crippen molar-refractivity contribution in [3.05, 3.63) is 59.7 Å². The van der Waals surface area contributed by atoms with Gasteiger partial charge in [-0.1, -0.05) is 48.5 Å². The number of rotatable bonds is 7. The van der Waals surface area contributed by atoms with Crippen molar-refractivity contribution in [2.45, 2.75) is 24.8 Å². The third kappa shape index (κ3) is 4.60. The van der Waals surface area contributed by atoms with Crippen molar-refractivity contribution in [2.24, 2.45) is 0 Å². The molecular formula is C24H26N2O6. The van der Waals surface area contributed by atoms with Crippen molar-refractivity contribution in [1.29, 1.82) is 0 Å². The zero-order valence-corrected chi connectivity index (χ0v) is 17.7. The summed E-state index contributed by atoms with van der Waals surface area (Å²) in [7, 11) is 0. The highest BCUT2D eigenvalue weighted by Crippen LogP contribution is 2.44. The number of ether oxygens (including phenoxy) is 2. The quantitative estimate of drug-likeness (QED) is 0.644. The van der Waals surface area contributed by atoms with Crippen molar-refractivity contribution >= 4 is 18.0 Å². The number of nitrogens with zero attached hydrogens (tertiary/aromatic N) is 1. The molecule has 2 amide bonds. The molecule has 32 heavy (non-hydrogen) atoms. The van der Waals surface area contributed by atoms with Crippen molar-refractivity contribution < 1.29 is 29.0 Å². The van der Waals surface area contributed by atoms with Gasteiger partial charge in [-0.3, -0.25) is 4.79 Å². The number of carboxylic acid groups (broad SMARTS) is 1. The fraction of sp³-hybridized carbons (Fsp3) is 0.375. The van der Waals surface area contributed by atoms with Gasteiger partial charge < -0.3 is 24.8 Å². The molecule has 168 valence electrons. The zero-order valence-electron chi connectivity index (χ0n) is 17.7. The van der Waals surface area contributed by atoms with Gasteiger partial charge in [0.25, 0.3) is 0 Å². The number of amides is 2. The highest BCUT2D eigenvalue weighted by molar-refractivity contribution is 5.84. The first-order valence-corrected chi connectivity index (χ1v) is 10.7. The molecule has 8 heteroatoms. The second kappa shape index (κ2) is 9.82. The first-order chi connectivity index (χ1) is 15.6. The predicted octanol–water partition coefficient (Wildman–Crippen LogP) is 2.62. The van der Waals surface area contributed by atoms with Crippen molar-refractivity contribution in [2.75, 3.05) is 32.9 Å². The molecule has 1 atom stereocenters. The van der Waals surface area contributed by atoms with E-state index in [1.54, 1.807) is 0 Å². The zero-order chi connectivity index (χ0) is 22.5. The molecule has 2 aliphatic rings. The SMILES string of the molecule is O=C(NCCCC(=O)N1CCOCC1C(=O)O)OCC1c2ccccc2-c2ccccc21. The number of carboxylic acids is 1. The van der Waals surface area contributed by atoms with Crippen LogP contribution in [0.25, 0.3) is 11.1 Å². The van der Waals surface area contributed by atoms with E-state index in [0.29, 0.717) is 13.0 Å². The number of alkyl carbamates (subject to hydrolysis) is 1. The molecule has 1 saturated heterocycles. The van der Waals surface area contributed by atoms with Crippen LogP contribution in [0, 0.1) is 0 Å². The molecule has 0 saturated carbocycles. The molecule has 0 bridgehead atoms. The van der Waals surface area contributed by atoms with Crippen LogP contribution >= 0.6 is 0 Å². The first-order valence-electron chi connectivity index (χ1n) is 10.7. The minimum atomic E-state index is -1.07. The van der Waals surface area contributed by atoms with E-state index < -0.39 is 18.1 Å². The Morgan fingerprint density at radius 1 is 1.06 bits per heavy atom. The predicted molar refractivity (Wildman–Crippen MR) is 116 cm³/mol. The lowest BCUT2D eigenvalue weighted by molar-refractivity contribution is -0.158. The maximum atomic E-state index is 12.4. The average molecular weight is 438 g/mol. The summed E-state index contributed by atoms with van der Waals surface area (Å²) in [6.45, 7) is 1.08. The number of carbonyl (C=O) groups is 3. The molecule has 2 N–H and O–H groups in total. The van der Waals surface area contributed by atoms with E-state index in [0.717, 1.165) is 11.1 Å². The number of benzene rings is 2. The van der Waals surface area contributed by atoms with Crippen molar-refractivity contribution in [1.82, 2.24) is 10.2 Å². The second-order valence-corrected chi connectivity index (χ2v) is 7.87. The lowest BCUT2D eigenvalue weighted by Crippen LogP contribution is -2.52. The van der Waals surface area contributed by atoms with Gasteiger partial charge in [-0.15, -0.1) is 0 Å². The van der Waals surface area contributed by atoms with Gasteiger partial charge in [0.1, 0.15) is 6.61 Å². The number of morpholine rings is 1. The first kappa shape index (κ1) is 21.8. The van der Waals surface area contributed by atoms with Gasteiger partial charge in [-0.25, -0.2) is 9.59 Å². The van der Waals surface area contributed by atoms with Gasteiger partial charge in [0, 0.05) is 25.4 Å². The summed E-state index contributed by atoms with van der Waals surface area (Å²) in [5.41, 5.74) is 4.62. The molecule has 1 unspecified atom stereocenters. The average Bonchev–Trinajstić information content (AvgIpc) is 3.14. The normalized spacial score (nSPS) is 17.4. The van der Waals surface area contributed by atoms with Crippen molar-refractivity contribution in [3.63, 3.8) is 0 Å². The Balaban J connectivity index is 1.23. The summed E-state index contributed by atoms with van der Waals surface area (Å²) >= 11 is 0. The summed E-state index contributed by atoms with van der Waals surface area (Å²) in [6, 6.07) is 15.3. The highest BCUT2D eigenvalue weighted by atomic mass is 16.5. The number of nitrogens with one attached hydrogen (secondary N) is 1. The van der Waals surface area contributed by atoms with E-state index in [2.05, 4.69) is 29.6 Å². The Morgan fingerprint density at radius 2 is 1.72 bits per heavy atom. The fourth-order valence-electron chi connectivity index (χ4n) is 4.33. The summed E-state index contributed by atoms with van der Waals surface area (Å²) in [6.07, 6.45) is 0.00858. The lowest BCUT2D eigenvalue weighted by Gasteiger charge is -2.32. The number of carbonyl (C=O) groups excluding carboxylic acids is 2. The summed E-state index contributed by atoms with van der Waals surface area (Å²) < 4.78 is 10.6. The molecule has 1 aliphatic heterocycles. The van der Waals surface area contributed by atoms with Crippen molar-refractivity contribution in [3.8, 4) is 11.1 Å². The minimum absolute atomic E-state index is 0.000920. The van der Waals surface area contributed by atoms with E-state index in [1.165, 1.54) is 16.0 Å². The van der Waals surface area contributed by atoms with Crippen LogP contribution in [0.4, 0.5) is 4.79 Å². The maximum Gasteiger partial charge on any atom is 0.407 e. The lowest BCUT2D eigenvalue weighted by atomic mass is 9.98. The Morgan fingerprint density at radius 3 is 2.38 bits per heavy atom. The van der Waals surface area contributed by atoms with Crippen LogP contribution in [0.3, 0.4) is 0 Å². The Bertz CT molecular complexity index is 962. The number of fused-ring (bicyclic) bond motifs is 3. The van der Waals surface area contributed by atoms with E-state index >= 15 is 0 Å². The van der Waals surface area contributed by atoms with E-state index in [9.17, 15) is 19.5 Å². The summed E-state index contributed by atoms with van der Waals surface area (Å²) in [5, 5.41) is 11.9. The Hall–Kier alpha value is -3.39. The van der Waals surface area contributed by atoms with Gasteiger partial charge in [0.15, 0.2) is 6.04 Å². The van der Waals surface area contributed by atoms with Gasteiger partial charge in [0.2, 0.25) is 5.91 Å². The molecule has 2 aromatic rings. The number of hydrogen-bond donors (Lipinski definition) is 2. The second-order valence-electron chi connectivity index (χ2n) is 7.87. The van der Waals surface area contributed by atoms with E-state index in [4.69, 9.17) is 9.47 Å². The van der Waals surface area contributed by atoms with Gasteiger partial charge in [-0.05, 0) is 28.7 Å². The van der Waals surface area contributed by atoms with Crippen LogP contribution < -0.4 is 5.32 Å². The molecule has 0 spiro atoms. The smallest absolute Gasteiger partial charge is 0.407 e. The molecule has 2 aromatic carbocycles. The topological polar surface area (TPSA) is 105 Å². The molecule has 0 radical (unpaired) electrons. The molecule has 1 heterocycles. The molecule has 4 rings (SSSR count). The Labute approximate surface area is 186 Å².